The maximum absolute atomic E-state index is 10.7. The van der Waals surface area contributed by atoms with Gasteiger partial charge in [-0.05, 0) is 33.1 Å². The Balaban J connectivity index is 3.95. The van der Waals surface area contributed by atoms with Crippen LogP contribution in [0.25, 0.3) is 0 Å². The van der Waals surface area contributed by atoms with Crippen molar-refractivity contribution < 1.29 is 4.79 Å². The first-order chi connectivity index (χ1) is 7.24. The summed E-state index contributed by atoms with van der Waals surface area (Å²) in [4.78, 5) is 10.7. The molecular weight excluding hydrogens is 184 g/mol. The molecule has 0 aliphatic rings. The van der Waals surface area contributed by atoms with Crippen LogP contribution in [-0.4, -0.2) is 6.29 Å². The van der Waals surface area contributed by atoms with Crippen molar-refractivity contribution in [2.75, 3.05) is 0 Å². The number of carbonyl (C=O) groups is 1. The van der Waals surface area contributed by atoms with Crippen molar-refractivity contribution in [1.29, 1.82) is 0 Å². The normalized spacial score (nSPS) is 12.5. The van der Waals surface area contributed by atoms with Crippen molar-refractivity contribution in [3.8, 4) is 11.8 Å². The molecule has 0 aromatic heterocycles. The highest BCUT2D eigenvalue weighted by molar-refractivity contribution is 5.54. The lowest BCUT2D eigenvalue weighted by atomic mass is 9.98. The topological polar surface area (TPSA) is 17.1 Å². The van der Waals surface area contributed by atoms with Gasteiger partial charge in [0.1, 0.15) is 6.29 Å². The lowest BCUT2D eigenvalue weighted by Crippen LogP contribution is -2.00. The minimum atomic E-state index is 0.0935. The van der Waals surface area contributed by atoms with Gasteiger partial charge in [-0.25, -0.2) is 0 Å². The lowest BCUT2D eigenvalue weighted by molar-refractivity contribution is -0.111. The molecule has 0 aromatic rings. The highest BCUT2D eigenvalue weighted by atomic mass is 16.1. The minimum Gasteiger partial charge on any atom is -0.303 e. The maximum Gasteiger partial charge on any atom is 0.123 e. The fraction of sp³-hybridized carbons (Fsp3) is 0.500. The van der Waals surface area contributed by atoms with E-state index in [4.69, 9.17) is 0 Å². The SMILES string of the molecule is C=CCC(C=O)C/C(C)=C/CCC#CC. The van der Waals surface area contributed by atoms with E-state index in [9.17, 15) is 4.79 Å². The van der Waals surface area contributed by atoms with Crippen molar-refractivity contribution in [2.24, 2.45) is 5.92 Å². The average Bonchev–Trinajstić information content (AvgIpc) is 2.24. The van der Waals surface area contributed by atoms with Crippen LogP contribution in [-0.2, 0) is 4.79 Å². The summed E-state index contributed by atoms with van der Waals surface area (Å²) in [5.41, 5.74) is 1.27. The molecule has 82 valence electrons. The highest BCUT2D eigenvalue weighted by Crippen LogP contribution is 2.14. The summed E-state index contributed by atoms with van der Waals surface area (Å²) >= 11 is 0. The predicted octanol–water partition coefficient (Wildman–Crippen LogP) is 3.52. The number of aldehydes is 1. The molecule has 0 aliphatic heterocycles. The molecule has 1 unspecified atom stereocenters. The van der Waals surface area contributed by atoms with Gasteiger partial charge in [0.05, 0.1) is 0 Å². The van der Waals surface area contributed by atoms with Gasteiger partial charge in [-0.3, -0.25) is 0 Å². The van der Waals surface area contributed by atoms with Crippen molar-refractivity contribution in [2.45, 2.75) is 39.5 Å². The summed E-state index contributed by atoms with van der Waals surface area (Å²) < 4.78 is 0. The summed E-state index contributed by atoms with van der Waals surface area (Å²) in [6.45, 7) is 7.56. The Hall–Kier alpha value is -1.29. The predicted molar refractivity (Wildman–Crippen MR) is 65.4 cm³/mol. The molecule has 0 spiro atoms. The van der Waals surface area contributed by atoms with Gasteiger partial charge in [0.2, 0.25) is 0 Å². The van der Waals surface area contributed by atoms with Crippen LogP contribution >= 0.6 is 0 Å². The molecule has 0 aromatic carbocycles. The number of hydrogen-bond donors (Lipinski definition) is 0. The maximum atomic E-state index is 10.7. The first-order valence-electron chi connectivity index (χ1n) is 5.36. The largest absolute Gasteiger partial charge is 0.303 e. The van der Waals surface area contributed by atoms with E-state index >= 15 is 0 Å². The van der Waals surface area contributed by atoms with Crippen LogP contribution < -0.4 is 0 Å². The Morgan fingerprint density at radius 3 is 2.80 bits per heavy atom. The second-order valence-corrected chi connectivity index (χ2v) is 3.64. The van der Waals surface area contributed by atoms with Gasteiger partial charge in [-0.1, -0.05) is 17.7 Å². The van der Waals surface area contributed by atoms with Gasteiger partial charge >= 0.3 is 0 Å². The van der Waals surface area contributed by atoms with E-state index in [1.165, 1.54) is 5.57 Å². The van der Waals surface area contributed by atoms with Crippen LogP contribution in [0.5, 0.6) is 0 Å². The number of carbonyl (C=O) groups excluding carboxylic acids is 1. The number of rotatable bonds is 7. The van der Waals surface area contributed by atoms with E-state index in [1.54, 1.807) is 6.08 Å². The van der Waals surface area contributed by atoms with Crippen molar-refractivity contribution in [3.63, 3.8) is 0 Å². The third kappa shape index (κ3) is 7.76. The molecule has 1 nitrogen and oxygen atoms in total. The van der Waals surface area contributed by atoms with Gasteiger partial charge in [0.15, 0.2) is 0 Å². The summed E-state index contributed by atoms with van der Waals surface area (Å²) in [6.07, 6.45) is 8.48. The zero-order chi connectivity index (χ0) is 11.5. The van der Waals surface area contributed by atoms with Gasteiger partial charge < -0.3 is 4.79 Å². The Kier molecular flexibility index (Phi) is 8.47. The van der Waals surface area contributed by atoms with Crippen LogP contribution in [0.1, 0.15) is 39.5 Å². The first kappa shape index (κ1) is 13.7. The summed E-state index contributed by atoms with van der Waals surface area (Å²) in [5, 5.41) is 0. The van der Waals surface area contributed by atoms with Gasteiger partial charge in [0.25, 0.3) is 0 Å². The number of allylic oxidation sites excluding steroid dienone is 3. The second-order valence-electron chi connectivity index (χ2n) is 3.64. The quantitative estimate of drug-likeness (QED) is 0.268. The number of unbranched alkanes of at least 4 members (excludes halogenated alkanes) is 1. The molecule has 0 fully saturated rings. The van der Waals surface area contributed by atoms with E-state index in [2.05, 4.69) is 31.4 Å². The van der Waals surface area contributed by atoms with Crippen molar-refractivity contribution in [1.82, 2.24) is 0 Å². The first-order valence-corrected chi connectivity index (χ1v) is 5.36. The van der Waals surface area contributed by atoms with Gasteiger partial charge in [-0.2, -0.15) is 0 Å². The van der Waals surface area contributed by atoms with E-state index < -0.39 is 0 Å². The van der Waals surface area contributed by atoms with Crippen molar-refractivity contribution >= 4 is 6.29 Å². The molecule has 0 heterocycles. The van der Waals surface area contributed by atoms with Crippen LogP contribution in [0.4, 0.5) is 0 Å². The highest BCUT2D eigenvalue weighted by Gasteiger charge is 2.05. The molecule has 0 amide bonds. The van der Waals surface area contributed by atoms with Crippen LogP contribution in [0.15, 0.2) is 24.3 Å². The van der Waals surface area contributed by atoms with Gasteiger partial charge in [-0.15, -0.1) is 18.4 Å². The van der Waals surface area contributed by atoms with Crippen LogP contribution in [0, 0.1) is 17.8 Å². The van der Waals surface area contributed by atoms with E-state index in [1.807, 2.05) is 6.92 Å². The Labute approximate surface area is 93.3 Å². The zero-order valence-corrected chi connectivity index (χ0v) is 9.75. The summed E-state index contributed by atoms with van der Waals surface area (Å²) in [5.74, 6) is 5.97. The van der Waals surface area contributed by atoms with Gasteiger partial charge in [0, 0.05) is 12.3 Å². The fourth-order valence-corrected chi connectivity index (χ4v) is 1.41. The minimum absolute atomic E-state index is 0.0935. The molecular formula is C14H20O. The van der Waals surface area contributed by atoms with Crippen molar-refractivity contribution in [3.05, 3.63) is 24.3 Å². The van der Waals surface area contributed by atoms with E-state index in [0.29, 0.717) is 0 Å². The smallest absolute Gasteiger partial charge is 0.123 e. The Bertz CT molecular complexity index is 275. The average molecular weight is 204 g/mol. The summed E-state index contributed by atoms with van der Waals surface area (Å²) in [7, 11) is 0. The fourth-order valence-electron chi connectivity index (χ4n) is 1.41. The molecule has 1 atom stereocenters. The lowest BCUT2D eigenvalue weighted by Gasteiger charge is -2.07. The third-order valence-electron chi connectivity index (χ3n) is 2.18. The number of hydrogen-bond acceptors (Lipinski definition) is 1. The molecule has 0 N–H and O–H groups in total. The van der Waals surface area contributed by atoms with E-state index in [-0.39, 0.29) is 5.92 Å². The molecule has 0 bridgehead atoms. The molecule has 0 saturated carbocycles. The Morgan fingerprint density at radius 1 is 1.53 bits per heavy atom. The summed E-state index contributed by atoms with van der Waals surface area (Å²) in [6, 6.07) is 0. The molecule has 0 radical (unpaired) electrons. The molecule has 0 aliphatic carbocycles. The zero-order valence-electron chi connectivity index (χ0n) is 9.75. The molecule has 1 heteroatoms. The molecule has 0 rings (SSSR count). The van der Waals surface area contributed by atoms with Crippen LogP contribution in [0.3, 0.4) is 0 Å². The monoisotopic (exact) mass is 204 g/mol. The van der Waals surface area contributed by atoms with Crippen LogP contribution in [0.2, 0.25) is 0 Å². The van der Waals surface area contributed by atoms with E-state index in [0.717, 1.165) is 32.0 Å². The standard InChI is InChI=1S/C14H20O/c1-4-6-7-8-10-13(3)11-14(12-15)9-5-2/h5,10,12,14H,2,7-9,11H2,1,3H3/b13-10+. The Morgan fingerprint density at radius 2 is 2.27 bits per heavy atom. The molecule has 0 saturated heterocycles. The molecule has 15 heavy (non-hydrogen) atoms. The third-order valence-corrected chi connectivity index (χ3v) is 2.18. The second kappa shape index (κ2) is 9.27.